The van der Waals surface area contributed by atoms with Gasteiger partial charge in [0.2, 0.25) is 0 Å². The molecule has 89 valence electrons. The van der Waals surface area contributed by atoms with Crippen LogP contribution >= 0.6 is 0 Å². The molecule has 0 amide bonds. The molecule has 2 aromatic rings. The second kappa shape index (κ2) is 5.55. The van der Waals surface area contributed by atoms with Crippen molar-refractivity contribution in [3.8, 4) is 5.75 Å². The predicted octanol–water partition coefficient (Wildman–Crippen LogP) is 1.69. The van der Waals surface area contributed by atoms with Crippen LogP contribution in [0.3, 0.4) is 0 Å². The molecule has 2 rings (SSSR count). The maximum absolute atomic E-state index is 11.2. The van der Waals surface area contributed by atoms with Crippen LogP contribution in [0.1, 0.15) is 0 Å². The Kier molecular flexibility index (Phi) is 4.35. The van der Waals surface area contributed by atoms with E-state index < -0.39 is 11.6 Å². The van der Waals surface area contributed by atoms with E-state index in [0.717, 1.165) is 6.07 Å². The summed E-state index contributed by atoms with van der Waals surface area (Å²) in [6.07, 6.45) is 2.05. The number of fused-ring (bicyclic) bond motifs is 1. The molecule has 4 nitrogen and oxygen atoms in total. The summed E-state index contributed by atoms with van der Waals surface area (Å²) in [6, 6.07) is 7.88. The van der Waals surface area contributed by atoms with Crippen LogP contribution in [-0.2, 0) is 24.3 Å². The number of para-hydroxylation sites is 1. The van der Waals surface area contributed by atoms with Gasteiger partial charge in [-0.2, -0.15) is 0 Å². The largest absolute Gasteiger partial charge is 0.453 e. The van der Waals surface area contributed by atoms with Crippen LogP contribution in [-0.4, -0.2) is 5.97 Å². The van der Waals surface area contributed by atoms with Crippen molar-refractivity contribution in [2.45, 2.75) is 0 Å². The third kappa shape index (κ3) is 2.89. The van der Waals surface area contributed by atoms with Gasteiger partial charge in [0.15, 0.2) is 5.97 Å². The van der Waals surface area contributed by atoms with Gasteiger partial charge in [-0.3, -0.25) is 11.4 Å². The average molecular weight is 318 g/mol. The van der Waals surface area contributed by atoms with E-state index in [1.807, 2.05) is 0 Å². The van der Waals surface area contributed by atoms with Crippen molar-refractivity contribution in [3.63, 3.8) is 0 Å². The minimum absolute atomic E-state index is 0. The number of hydrogen-bond acceptors (Lipinski definition) is 4. The summed E-state index contributed by atoms with van der Waals surface area (Å²) < 4.78 is 9.82. The third-order valence-electron chi connectivity index (χ3n) is 1.96. The number of hydrogen-bond donors (Lipinski definition) is 0. The molecule has 17 heavy (non-hydrogen) atoms. The molecule has 0 aliphatic rings. The van der Waals surface area contributed by atoms with Crippen molar-refractivity contribution >= 4 is 16.9 Å². The summed E-state index contributed by atoms with van der Waals surface area (Å²) in [4.78, 5) is 22.2. The van der Waals surface area contributed by atoms with E-state index in [4.69, 9.17) is 9.15 Å². The number of benzene rings is 1. The molecule has 0 spiro atoms. The van der Waals surface area contributed by atoms with Gasteiger partial charge >= 0.3 is 5.63 Å². The molecular formula is C12H7O4Rh-. The second-order valence-electron chi connectivity index (χ2n) is 2.99. The van der Waals surface area contributed by atoms with E-state index in [1.165, 1.54) is 0 Å². The average Bonchev–Trinajstić information content (AvgIpc) is 2.28. The zero-order valence-corrected chi connectivity index (χ0v) is 10.2. The van der Waals surface area contributed by atoms with Gasteiger partial charge in [-0.15, -0.1) is 0 Å². The van der Waals surface area contributed by atoms with Crippen LogP contribution in [0.2, 0.25) is 0 Å². The van der Waals surface area contributed by atoms with E-state index in [9.17, 15) is 9.59 Å². The van der Waals surface area contributed by atoms with Crippen LogP contribution in [0.15, 0.2) is 46.1 Å². The molecule has 0 saturated heterocycles. The zero-order chi connectivity index (χ0) is 11.5. The van der Waals surface area contributed by atoms with Crippen molar-refractivity contribution in [3.05, 3.63) is 53.4 Å². The van der Waals surface area contributed by atoms with E-state index in [2.05, 4.69) is 12.7 Å². The minimum atomic E-state index is -0.740. The van der Waals surface area contributed by atoms with Crippen molar-refractivity contribution in [2.75, 3.05) is 0 Å². The van der Waals surface area contributed by atoms with E-state index in [0.29, 0.717) is 11.0 Å². The quantitative estimate of drug-likeness (QED) is 0.278. The first-order valence-corrected chi connectivity index (χ1v) is 4.48. The Morgan fingerprint density at radius 1 is 1.35 bits per heavy atom. The van der Waals surface area contributed by atoms with Gasteiger partial charge < -0.3 is 15.2 Å². The summed E-state index contributed by atoms with van der Waals surface area (Å²) >= 11 is 0. The standard InChI is InChI=1S/C12H7O4.Rh/c1-2-11(13)16-10-7-12(14)15-9-6-4-3-5-8(9)10;/h3-7H,1H2;/q-1;. The molecule has 1 radical (unpaired) electrons. The van der Waals surface area contributed by atoms with Crippen LogP contribution in [0.4, 0.5) is 0 Å². The molecule has 0 atom stereocenters. The fourth-order valence-corrected chi connectivity index (χ4v) is 1.30. The molecule has 0 saturated carbocycles. The molecule has 1 aromatic heterocycles. The normalized spacial score (nSPS) is 9.41. The number of esters is 1. The number of carbonyl (C=O) groups excluding carboxylic acids is 1. The maximum atomic E-state index is 11.2. The molecule has 0 fully saturated rings. The van der Waals surface area contributed by atoms with Crippen LogP contribution in [0.25, 0.3) is 11.0 Å². The first-order chi connectivity index (χ1) is 7.70. The first kappa shape index (κ1) is 13.3. The van der Waals surface area contributed by atoms with Crippen LogP contribution in [0, 0.1) is 6.08 Å². The zero-order valence-electron chi connectivity index (χ0n) is 8.56. The first-order valence-electron chi connectivity index (χ1n) is 4.48. The second-order valence-corrected chi connectivity index (χ2v) is 2.99. The van der Waals surface area contributed by atoms with Crippen molar-refractivity contribution in [1.82, 2.24) is 0 Å². The number of ether oxygens (including phenoxy) is 1. The Hall–Kier alpha value is -1.74. The Morgan fingerprint density at radius 3 is 2.76 bits per heavy atom. The Morgan fingerprint density at radius 2 is 2.06 bits per heavy atom. The van der Waals surface area contributed by atoms with Gasteiger partial charge in [-0.05, 0) is 12.1 Å². The third-order valence-corrected chi connectivity index (χ3v) is 1.96. The molecule has 0 N–H and O–H groups in total. The molecule has 0 bridgehead atoms. The van der Waals surface area contributed by atoms with E-state index in [1.54, 1.807) is 24.3 Å². The Balaban J connectivity index is 0.00000144. The number of rotatable bonds is 2. The smallest absolute Gasteiger partial charge is 0.339 e. The molecule has 0 aliphatic heterocycles. The van der Waals surface area contributed by atoms with Gasteiger partial charge in [0.25, 0.3) is 0 Å². The SMILES string of the molecule is C=[C-]C(=O)Oc1cc(=O)oc2ccccc12.[Rh]. The molecular weight excluding hydrogens is 311 g/mol. The van der Waals surface area contributed by atoms with Gasteiger partial charge in [0, 0.05) is 19.5 Å². The summed E-state index contributed by atoms with van der Waals surface area (Å²) in [5, 5.41) is 0.547. The molecule has 5 heteroatoms. The Labute approximate surface area is 110 Å². The topological polar surface area (TPSA) is 56.5 Å². The minimum Gasteiger partial charge on any atom is -0.453 e. The monoisotopic (exact) mass is 318 g/mol. The van der Waals surface area contributed by atoms with Gasteiger partial charge in [-0.1, -0.05) is 12.1 Å². The molecule has 1 aromatic carbocycles. The van der Waals surface area contributed by atoms with Gasteiger partial charge in [0.1, 0.15) is 11.3 Å². The molecule has 0 aliphatic carbocycles. The maximum Gasteiger partial charge on any atom is 0.339 e. The van der Waals surface area contributed by atoms with Gasteiger partial charge in [0.05, 0.1) is 11.5 Å². The fraction of sp³-hybridized carbons (Fsp3) is 0. The fourth-order valence-electron chi connectivity index (χ4n) is 1.30. The summed E-state index contributed by atoms with van der Waals surface area (Å²) in [6.45, 7) is 3.16. The predicted molar refractivity (Wildman–Crippen MR) is 57.0 cm³/mol. The summed E-state index contributed by atoms with van der Waals surface area (Å²) in [5.74, 6) is -0.594. The number of carbonyl (C=O) groups is 1. The van der Waals surface area contributed by atoms with Crippen molar-refractivity contribution < 1.29 is 33.4 Å². The van der Waals surface area contributed by atoms with Crippen molar-refractivity contribution in [1.29, 1.82) is 0 Å². The summed E-state index contributed by atoms with van der Waals surface area (Å²) in [7, 11) is 0. The van der Waals surface area contributed by atoms with Crippen molar-refractivity contribution in [2.24, 2.45) is 0 Å². The Bertz CT molecular complexity index is 615. The van der Waals surface area contributed by atoms with E-state index >= 15 is 0 Å². The molecule has 1 heterocycles. The van der Waals surface area contributed by atoms with Crippen LogP contribution < -0.4 is 10.4 Å². The summed E-state index contributed by atoms with van der Waals surface area (Å²) in [5.41, 5.74) is -0.215. The molecule has 0 unspecified atom stereocenters. The van der Waals surface area contributed by atoms with Crippen LogP contribution in [0.5, 0.6) is 5.75 Å². The van der Waals surface area contributed by atoms with Gasteiger partial charge in [-0.25, -0.2) is 4.79 Å². The van der Waals surface area contributed by atoms with E-state index in [-0.39, 0.29) is 25.2 Å².